The average molecular weight is 346 g/mol. The number of furan rings is 1. The molecule has 1 aromatic heterocycles. The van der Waals surface area contributed by atoms with Gasteiger partial charge in [-0.2, -0.15) is 0 Å². The molecule has 1 heterocycles. The van der Waals surface area contributed by atoms with Crippen LogP contribution in [0.25, 0.3) is 32.7 Å². The van der Waals surface area contributed by atoms with E-state index in [2.05, 4.69) is 30.3 Å². The first-order valence-corrected chi connectivity index (χ1v) is 8.95. The van der Waals surface area contributed by atoms with Crippen molar-refractivity contribution in [2.75, 3.05) is 0 Å². The van der Waals surface area contributed by atoms with Gasteiger partial charge in [-0.15, -0.1) is 0 Å². The smallest absolute Gasteiger partial charge is 0.309 e. The van der Waals surface area contributed by atoms with Crippen molar-refractivity contribution < 1.29 is 14.2 Å². The van der Waals surface area contributed by atoms with E-state index in [4.69, 9.17) is 9.07 Å². The normalized spacial score (nSPS) is 13.0. The third kappa shape index (κ3) is 2.79. The minimum Gasteiger partial charge on any atom is -0.456 e. The summed E-state index contributed by atoms with van der Waals surface area (Å²) in [5.41, 5.74) is 1.36. The van der Waals surface area contributed by atoms with Crippen molar-refractivity contribution in [1.82, 2.24) is 0 Å². The number of rotatable bonds is 4. The maximum absolute atomic E-state index is 10.3. The summed E-state index contributed by atoms with van der Waals surface area (Å²) in [7, 11) is 0.455. The molecule has 0 atom stereocenters. The molecule has 0 saturated carbocycles. The van der Waals surface area contributed by atoms with Crippen molar-refractivity contribution in [3.63, 3.8) is 0 Å². The van der Waals surface area contributed by atoms with Crippen LogP contribution in [0.5, 0.6) is 0 Å². The summed E-state index contributed by atoms with van der Waals surface area (Å²) < 4.78 is 12.0. The maximum Gasteiger partial charge on any atom is 0.309 e. The molecule has 0 unspecified atom stereocenters. The Morgan fingerprint density at radius 1 is 0.885 bits per heavy atom. The van der Waals surface area contributed by atoms with E-state index in [0.29, 0.717) is 7.48 Å². The van der Waals surface area contributed by atoms with Gasteiger partial charge in [-0.3, -0.25) is 0 Å². The Kier molecular flexibility index (Phi) is 3.87. The van der Waals surface area contributed by atoms with Crippen LogP contribution >= 0.6 is 0 Å². The molecule has 0 spiro atoms. The molecule has 0 amide bonds. The molecule has 4 heteroatoms. The van der Waals surface area contributed by atoms with E-state index in [1.165, 1.54) is 5.39 Å². The number of benzene rings is 3. The lowest BCUT2D eigenvalue weighted by molar-refractivity contribution is -0.0893. The summed E-state index contributed by atoms with van der Waals surface area (Å²) in [6.45, 7) is 7.37. The molecule has 0 aliphatic carbocycles. The van der Waals surface area contributed by atoms with Crippen LogP contribution in [-0.2, 0) is 4.65 Å². The number of hydrogen-bond donors (Lipinski definition) is 1. The largest absolute Gasteiger partial charge is 0.456 e. The molecule has 3 nitrogen and oxygen atoms in total. The Balaban J connectivity index is 1.74. The van der Waals surface area contributed by atoms with Gasteiger partial charge >= 0.3 is 7.48 Å². The molecular weight excluding hydrogens is 323 g/mol. The first-order valence-electron chi connectivity index (χ1n) is 8.95. The molecule has 26 heavy (non-hydrogen) atoms. The monoisotopic (exact) mass is 346 g/mol. The van der Waals surface area contributed by atoms with Gasteiger partial charge < -0.3 is 14.2 Å². The predicted octanol–water partition coefficient (Wildman–Crippen LogP) is 4.28. The average Bonchev–Trinajstić information content (AvgIpc) is 2.97. The van der Waals surface area contributed by atoms with Crippen LogP contribution in [0.15, 0.2) is 59.0 Å². The van der Waals surface area contributed by atoms with Crippen LogP contribution < -0.4 is 5.46 Å². The van der Waals surface area contributed by atoms with Crippen LogP contribution in [-0.4, -0.2) is 23.8 Å². The zero-order valence-corrected chi connectivity index (χ0v) is 15.7. The van der Waals surface area contributed by atoms with Gasteiger partial charge in [0.05, 0.1) is 11.2 Å². The van der Waals surface area contributed by atoms with E-state index in [9.17, 15) is 5.11 Å². The molecular formula is C22H23BO3. The Bertz CT molecular complexity index is 1100. The van der Waals surface area contributed by atoms with Crippen molar-refractivity contribution in [2.24, 2.45) is 0 Å². The van der Waals surface area contributed by atoms with Crippen molar-refractivity contribution in [2.45, 2.75) is 38.9 Å². The van der Waals surface area contributed by atoms with Crippen LogP contribution in [0, 0.1) is 0 Å². The Labute approximate surface area is 153 Å². The SMILES string of the molecule is CC(C)(O)C(C)(C)OBc1ccc2c(ccc3oc4ccccc4c32)c1. The quantitative estimate of drug-likeness (QED) is 0.561. The molecule has 0 bridgehead atoms. The summed E-state index contributed by atoms with van der Waals surface area (Å²) in [4.78, 5) is 0. The molecule has 0 fully saturated rings. The molecule has 0 radical (unpaired) electrons. The first kappa shape index (κ1) is 17.1. The van der Waals surface area contributed by atoms with Crippen LogP contribution in [0.2, 0.25) is 0 Å². The number of aliphatic hydroxyl groups is 1. The molecule has 3 aromatic carbocycles. The molecule has 132 valence electrons. The van der Waals surface area contributed by atoms with Gasteiger partial charge in [-0.1, -0.05) is 47.9 Å². The van der Waals surface area contributed by atoms with E-state index >= 15 is 0 Å². The first-order chi connectivity index (χ1) is 12.3. The van der Waals surface area contributed by atoms with E-state index in [0.717, 1.165) is 32.8 Å². The lowest BCUT2D eigenvalue weighted by atomic mass is 9.82. The highest BCUT2D eigenvalue weighted by molar-refractivity contribution is 6.47. The Morgan fingerprint density at radius 2 is 1.65 bits per heavy atom. The second kappa shape index (κ2) is 5.87. The van der Waals surface area contributed by atoms with Crippen LogP contribution in [0.1, 0.15) is 27.7 Å². The standard InChI is InChI=1S/C22H23BO3/c1-21(2,24)22(3,4)26-23-15-10-11-16-14(13-15)9-12-19-20(16)17-7-5-6-8-18(17)25-19/h5-13,23-24H,1-4H3. The van der Waals surface area contributed by atoms with Gasteiger partial charge in [-0.25, -0.2) is 0 Å². The highest BCUT2D eigenvalue weighted by Gasteiger charge is 2.35. The van der Waals surface area contributed by atoms with E-state index in [1.54, 1.807) is 13.8 Å². The summed E-state index contributed by atoms with van der Waals surface area (Å²) in [6.07, 6.45) is 0. The molecule has 4 aromatic rings. The fraction of sp³-hybridized carbons (Fsp3) is 0.273. The fourth-order valence-corrected chi connectivity index (χ4v) is 3.13. The highest BCUT2D eigenvalue weighted by Crippen LogP contribution is 2.34. The van der Waals surface area contributed by atoms with Gasteiger partial charge in [-0.05, 0) is 50.6 Å². The lowest BCUT2D eigenvalue weighted by Crippen LogP contribution is -2.49. The van der Waals surface area contributed by atoms with Gasteiger partial charge in [0, 0.05) is 10.8 Å². The lowest BCUT2D eigenvalue weighted by Gasteiger charge is -2.37. The Morgan fingerprint density at radius 3 is 2.42 bits per heavy atom. The Hall–Kier alpha value is -2.30. The zero-order valence-electron chi connectivity index (χ0n) is 15.7. The van der Waals surface area contributed by atoms with Crippen molar-refractivity contribution in [3.8, 4) is 0 Å². The van der Waals surface area contributed by atoms with E-state index in [-0.39, 0.29) is 0 Å². The van der Waals surface area contributed by atoms with Crippen molar-refractivity contribution in [1.29, 1.82) is 0 Å². The molecule has 0 aliphatic rings. The fourth-order valence-electron chi connectivity index (χ4n) is 3.13. The van der Waals surface area contributed by atoms with Gasteiger partial charge in [0.1, 0.15) is 11.2 Å². The molecule has 0 aliphatic heterocycles. The summed E-state index contributed by atoms with van der Waals surface area (Å²) in [6, 6.07) is 18.6. The third-order valence-electron chi connectivity index (χ3n) is 5.50. The number of para-hydroxylation sites is 1. The third-order valence-corrected chi connectivity index (χ3v) is 5.50. The van der Waals surface area contributed by atoms with Crippen LogP contribution in [0.4, 0.5) is 0 Å². The predicted molar refractivity (Wildman–Crippen MR) is 109 cm³/mol. The number of fused-ring (bicyclic) bond motifs is 5. The molecule has 0 saturated heterocycles. The summed E-state index contributed by atoms with van der Waals surface area (Å²) in [5.74, 6) is 0. The van der Waals surface area contributed by atoms with Crippen LogP contribution in [0.3, 0.4) is 0 Å². The highest BCUT2D eigenvalue weighted by atomic mass is 16.5. The second-order valence-electron chi connectivity index (χ2n) is 7.95. The summed E-state index contributed by atoms with van der Waals surface area (Å²) in [5, 5.41) is 14.9. The number of hydrogen-bond acceptors (Lipinski definition) is 3. The minimum absolute atomic E-state index is 0.455. The van der Waals surface area contributed by atoms with Crippen molar-refractivity contribution >= 4 is 45.7 Å². The molecule has 4 rings (SSSR count). The molecule has 1 N–H and O–H groups in total. The minimum atomic E-state index is -0.911. The van der Waals surface area contributed by atoms with Crippen molar-refractivity contribution in [3.05, 3.63) is 54.6 Å². The van der Waals surface area contributed by atoms with E-state index in [1.807, 2.05) is 38.1 Å². The van der Waals surface area contributed by atoms with E-state index < -0.39 is 11.2 Å². The summed E-state index contributed by atoms with van der Waals surface area (Å²) >= 11 is 0. The van der Waals surface area contributed by atoms with Gasteiger partial charge in [0.2, 0.25) is 0 Å². The second-order valence-corrected chi connectivity index (χ2v) is 7.95. The zero-order chi connectivity index (χ0) is 18.5. The maximum atomic E-state index is 10.3. The van der Waals surface area contributed by atoms with Gasteiger partial charge in [0.25, 0.3) is 0 Å². The topological polar surface area (TPSA) is 42.6 Å². The van der Waals surface area contributed by atoms with Gasteiger partial charge in [0.15, 0.2) is 0 Å².